The minimum absolute atomic E-state index is 0.570. The number of benzene rings is 1. The number of hydrogen-bond donors (Lipinski definition) is 0. The van der Waals surface area contributed by atoms with Gasteiger partial charge in [0.05, 0.1) is 0 Å². The van der Waals surface area contributed by atoms with Crippen molar-refractivity contribution in [2.24, 2.45) is 5.92 Å². The monoisotopic (exact) mass is 320 g/mol. The van der Waals surface area contributed by atoms with Crippen LogP contribution in [0.3, 0.4) is 0 Å². The first-order valence-electron chi connectivity index (χ1n) is 8.09. The lowest BCUT2D eigenvalue weighted by atomic mass is 9.85. The van der Waals surface area contributed by atoms with Crippen LogP contribution >= 0.6 is 15.9 Å². The Labute approximate surface area is 126 Å². The molecule has 104 valence electrons. The SMILES string of the molecule is BrC(CCC1CCCCC1)c1ccc2c(c1)CCC2. The van der Waals surface area contributed by atoms with Crippen LogP contribution in [-0.4, -0.2) is 0 Å². The van der Waals surface area contributed by atoms with Gasteiger partial charge in [0.2, 0.25) is 0 Å². The highest BCUT2D eigenvalue weighted by atomic mass is 79.9. The molecule has 1 aromatic carbocycles. The summed E-state index contributed by atoms with van der Waals surface area (Å²) in [5.74, 6) is 1.00. The summed E-state index contributed by atoms with van der Waals surface area (Å²) in [6.45, 7) is 0. The fourth-order valence-electron chi connectivity index (χ4n) is 3.81. The smallest absolute Gasteiger partial charge is 0.0395 e. The van der Waals surface area contributed by atoms with E-state index in [1.807, 2.05) is 0 Å². The molecule has 0 aliphatic heterocycles. The molecule has 0 N–H and O–H groups in total. The number of rotatable bonds is 4. The molecule has 1 unspecified atom stereocenters. The molecule has 0 spiro atoms. The Bertz CT molecular complexity index is 418. The molecule has 2 aliphatic rings. The minimum Gasteiger partial charge on any atom is -0.0839 e. The molecule has 0 aromatic heterocycles. The standard InChI is InChI=1S/C18H25Br/c19-18(12-9-14-5-2-1-3-6-14)17-11-10-15-7-4-8-16(15)13-17/h10-11,13-14,18H,1-9,12H2. The summed E-state index contributed by atoms with van der Waals surface area (Å²) in [4.78, 5) is 0.570. The van der Waals surface area contributed by atoms with E-state index in [1.54, 1.807) is 11.1 Å². The summed E-state index contributed by atoms with van der Waals surface area (Å²) in [5, 5.41) is 0. The van der Waals surface area contributed by atoms with E-state index in [0.717, 1.165) is 5.92 Å². The Morgan fingerprint density at radius 1 is 1.00 bits per heavy atom. The van der Waals surface area contributed by atoms with Gasteiger partial charge in [0, 0.05) is 4.83 Å². The topological polar surface area (TPSA) is 0 Å². The second-order valence-electron chi connectivity index (χ2n) is 6.43. The van der Waals surface area contributed by atoms with Crippen LogP contribution in [0.25, 0.3) is 0 Å². The molecule has 0 nitrogen and oxygen atoms in total. The molecular weight excluding hydrogens is 296 g/mol. The molecular formula is C18H25Br. The molecule has 0 radical (unpaired) electrons. The van der Waals surface area contributed by atoms with Crippen LogP contribution in [0.15, 0.2) is 18.2 Å². The Hall–Kier alpha value is -0.300. The number of aryl methyl sites for hydroxylation is 2. The molecule has 0 heterocycles. The first-order chi connectivity index (χ1) is 9.33. The van der Waals surface area contributed by atoms with Gasteiger partial charge in [0.25, 0.3) is 0 Å². The summed E-state index contributed by atoms with van der Waals surface area (Å²) in [5.41, 5.74) is 4.71. The zero-order chi connectivity index (χ0) is 13.1. The van der Waals surface area contributed by atoms with Gasteiger partial charge in [-0.15, -0.1) is 0 Å². The van der Waals surface area contributed by atoms with E-state index in [4.69, 9.17) is 0 Å². The second-order valence-corrected chi connectivity index (χ2v) is 7.54. The molecule has 19 heavy (non-hydrogen) atoms. The number of halogens is 1. The fraction of sp³-hybridized carbons (Fsp3) is 0.667. The average Bonchev–Trinajstić information content (AvgIpc) is 2.93. The lowest BCUT2D eigenvalue weighted by molar-refractivity contribution is 0.332. The lowest BCUT2D eigenvalue weighted by Gasteiger charge is -2.22. The Morgan fingerprint density at radius 3 is 2.63 bits per heavy atom. The van der Waals surface area contributed by atoms with Gasteiger partial charge in [-0.1, -0.05) is 66.2 Å². The van der Waals surface area contributed by atoms with Gasteiger partial charge in [-0.3, -0.25) is 0 Å². The van der Waals surface area contributed by atoms with Crippen LogP contribution < -0.4 is 0 Å². The number of fused-ring (bicyclic) bond motifs is 1. The summed E-state index contributed by atoms with van der Waals surface area (Å²) in [7, 11) is 0. The van der Waals surface area contributed by atoms with Gasteiger partial charge in [-0.2, -0.15) is 0 Å². The second kappa shape index (κ2) is 6.43. The predicted molar refractivity (Wildman–Crippen MR) is 85.9 cm³/mol. The van der Waals surface area contributed by atoms with E-state index in [0.29, 0.717) is 4.83 Å². The van der Waals surface area contributed by atoms with Gasteiger partial charge in [-0.05, 0) is 54.7 Å². The largest absolute Gasteiger partial charge is 0.0839 e. The molecule has 2 aliphatic carbocycles. The molecule has 1 atom stereocenters. The third-order valence-corrected chi connectivity index (χ3v) is 6.02. The van der Waals surface area contributed by atoms with Crippen molar-refractivity contribution in [2.45, 2.75) is 69.0 Å². The quantitative estimate of drug-likeness (QED) is 0.599. The highest BCUT2D eigenvalue weighted by molar-refractivity contribution is 9.09. The molecule has 1 aromatic rings. The average molecular weight is 321 g/mol. The minimum atomic E-state index is 0.570. The third kappa shape index (κ3) is 3.42. The summed E-state index contributed by atoms with van der Waals surface area (Å²) >= 11 is 3.92. The zero-order valence-corrected chi connectivity index (χ0v) is 13.4. The van der Waals surface area contributed by atoms with E-state index in [9.17, 15) is 0 Å². The first kappa shape index (κ1) is 13.7. The van der Waals surface area contributed by atoms with Gasteiger partial charge < -0.3 is 0 Å². The van der Waals surface area contributed by atoms with Crippen LogP contribution in [0.1, 0.15) is 72.9 Å². The van der Waals surface area contributed by atoms with Crippen LogP contribution in [0, 0.1) is 5.92 Å². The Kier molecular flexibility index (Phi) is 4.63. The Balaban J connectivity index is 1.56. The maximum Gasteiger partial charge on any atom is 0.0395 e. The molecule has 1 fully saturated rings. The van der Waals surface area contributed by atoms with Gasteiger partial charge in [-0.25, -0.2) is 0 Å². The van der Waals surface area contributed by atoms with Crippen molar-refractivity contribution in [1.82, 2.24) is 0 Å². The van der Waals surface area contributed by atoms with Crippen molar-refractivity contribution in [3.05, 3.63) is 34.9 Å². The van der Waals surface area contributed by atoms with Crippen LogP contribution in [0.5, 0.6) is 0 Å². The normalized spacial score (nSPS) is 21.3. The summed E-state index contributed by atoms with van der Waals surface area (Å²) in [6.07, 6.45) is 14.0. The van der Waals surface area contributed by atoms with Crippen LogP contribution in [0.4, 0.5) is 0 Å². The predicted octanol–water partition coefficient (Wildman–Crippen LogP) is 5.97. The third-order valence-electron chi connectivity index (χ3n) is 5.04. The molecule has 1 heteroatoms. The summed E-state index contributed by atoms with van der Waals surface area (Å²) in [6, 6.07) is 7.18. The molecule has 0 bridgehead atoms. The first-order valence-corrected chi connectivity index (χ1v) is 9.00. The maximum absolute atomic E-state index is 3.92. The highest BCUT2D eigenvalue weighted by Gasteiger charge is 2.17. The van der Waals surface area contributed by atoms with E-state index in [2.05, 4.69) is 34.1 Å². The van der Waals surface area contributed by atoms with Crippen molar-refractivity contribution >= 4 is 15.9 Å². The van der Waals surface area contributed by atoms with Gasteiger partial charge in [0.15, 0.2) is 0 Å². The van der Waals surface area contributed by atoms with E-state index < -0.39 is 0 Å². The van der Waals surface area contributed by atoms with Crippen LogP contribution in [-0.2, 0) is 12.8 Å². The van der Waals surface area contributed by atoms with Gasteiger partial charge >= 0.3 is 0 Å². The highest BCUT2D eigenvalue weighted by Crippen LogP contribution is 2.35. The summed E-state index contributed by atoms with van der Waals surface area (Å²) < 4.78 is 0. The molecule has 1 saturated carbocycles. The van der Waals surface area contributed by atoms with Crippen molar-refractivity contribution < 1.29 is 0 Å². The molecule has 0 saturated heterocycles. The molecule has 0 amide bonds. The van der Waals surface area contributed by atoms with Crippen molar-refractivity contribution in [1.29, 1.82) is 0 Å². The molecule has 3 rings (SSSR count). The Morgan fingerprint density at radius 2 is 1.79 bits per heavy atom. The fourth-order valence-corrected chi connectivity index (χ4v) is 4.36. The van der Waals surface area contributed by atoms with E-state index >= 15 is 0 Å². The lowest BCUT2D eigenvalue weighted by Crippen LogP contribution is -2.07. The van der Waals surface area contributed by atoms with Crippen molar-refractivity contribution in [3.63, 3.8) is 0 Å². The van der Waals surface area contributed by atoms with Crippen molar-refractivity contribution in [3.8, 4) is 0 Å². The maximum atomic E-state index is 3.92. The zero-order valence-electron chi connectivity index (χ0n) is 11.8. The number of hydrogen-bond acceptors (Lipinski definition) is 0. The van der Waals surface area contributed by atoms with Gasteiger partial charge in [0.1, 0.15) is 0 Å². The van der Waals surface area contributed by atoms with Crippen molar-refractivity contribution in [2.75, 3.05) is 0 Å². The van der Waals surface area contributed by atoms with E-state index in [-0.39, 0.29) is 0 Å². The van der Waals surface area contributed by atoms with E-state index in [1.165, 1.54) is 69.8 Å². The van der Waals surface area contributed by atoms with Crippen LogP contribution in [0.2, 0.25) is 0 Å². The number of alkyl halides is 1.